The normalized spacial score (nSPS) is 20.3. The number of carbonyl (C=O) groups excluding carboxylic acids is 1. The van der Waals surface area contributed by atoms with Gasteiger partial charge in [0.05, 0.1) is 5.41 Å². The Labute approximate surface area is 158 Å². The first-order valence-corrected chi connectivity index (χ1v) is 9.61. The Bertz CT molecular complexity index is 1020. The number of benzene rings is 2. The van der Waals surface area contributed by atoms with Gasteiger partial charge in [0.25, 0.3) is 0 Å². The molecule has 1 atom stereocenters. The zero-order valence-corrected chi connectivity index (χ0v) is 15.4. The second-order valence-corrected chi connectivity index (χ2v) is 7.90. The fourth-order valence-electron chi connectivity index (χ4n) is 4.53. The van der Waals surface area contributed by atoms with Crippen molar-refractivity contribution in [1.29, 1.82) is 0 Å². The van der Waals surface area contributed by atoms with Gasteiger partial charge < -0.3 is 9.47 Å². The van der Waals surface area contributed by atoms with Crippen LogP contribution in [0.5, 0.6) is 0 Å². The fraction of sp³-hybridized carbons (Fsp3) is 0.348. The van der Waals surface area contributed by atoms with Gasteiger partial charge in [0, 0.05) is 42.3 Å². The van der Waals surface area contributed by atoms with Crippen molar-refractivity contribution < 1.29 is 9.18 Å². The Morgan fingerprint density at radius 2 is 1.93 bits per heavy atom. The van der Waals surface area contributed by atoms with Crippen LogP contribution < -0.4 is 0 Å². The van der Waals surface area contributed by atoms with Crippen LogP contribution in [0.25, 0.3) is 10.9 Å². The Balaban J connectivity index is 1.40. The van der Waals surface area contributed by atoms with Crippen LogP contribution in [0.1, 0.15) is 30.5 Å². The molecule has 5 rings (SSSR count). The molecule has 3 nitrogen and oxygen atoms in total. The predicted molar refractivity (Wildman–Crippen MR) is 103 cm³/mol. The average molecular weight is 361 g/mol. The summed E-state index contributed by atoms with van der Waals surface area (Å²) < 4.78 is 15.6. The number of halogens is 1. The van der Waals surface area contributed by atoms with E-state index in [9.17, 15) is 9.18 Å². The minimum absolute atomic E-state index is 0.169. The van der Waals surface area contributed by atoms with Gasteiger partial charge in [-0.1, -0.05) is 30.3 Å². The zero-order valence-electron chi connectivity index (χ0n) is 15.4. The summed E-state index contributed by atoms with van der Waals surface area (Å²) in [4.78, 5) is 15.3. The van der Waals surface area contributed by atoms with Gasteiger partial charge in [-0.25, -0.2) is 4.39 Å². The smallest absolute Gasteiger partial charge is 0.233 e. The predicted octanol–water partition coefficient (Wildman–Crippen LogP) is 4.09. The monoisotopic (exact) mass is 361 g/mol. The molecule has 1 aliphatic heterocycles. The third kappa shape index (κ3) is 2.58. The largest absolute Gasteiger partial charge is 0.342 e. The van der Waals surface area contributed by atoms with Gasteiger partial charge in [0.15, 0.2) is 0 Å². The number of nitrogens with zero attached hydrogens (tertiary/aromatic N) is 2. The summed E-state index contributed by atoms with van der Waals surface area (Å²) in [5.41, 5.74) is 2.91. The minimum atomic E-state index is -0.451. The van der Waals surface area contributed by atoms with Crippen LogP contribution in [0.2, 0.25) is 0 Å². The van der Waals surface area contributed by atoms with E-state index in [-0.39, 0.29) is 17.8 Å². The number of amides is 1. The summed E-state index contributed by atoms with van der Waals surface area (Å²) in [5, 5.41) is 1.15. The third-order valence-electron chi connectivity index (χ3n) is 6.33. The summed E-state index contributed by atoms with van der Waals surface area (Å²) in [6, 6.07) is 18.4. The van der Waals surface area contributed by atoms with E-state index in [1.54, 1.807) is 12.1 Å². The van der Waals surface area contributed by atoms with Gasteiger partial charge in [-0.3, -0.25) is 4.79 Å². The van der Waals surface area contributed by atoms with Crippen LogP contribution >= 0.6 is 0 Å². The molecule has 1 aliphatic carbocycles. The van der Waals surface area contributed by atoms with Crippen molar-refractivity contribution in [2.45, 2.75) is 43.7 Å². The van der Waals surface area contributed by atoms with E-state index in [4.69, 9.17) is 0 Å². The van der Waals surface area contributed by atoms with E-state index >= 15 is 0 Å². The molecule has 1 amide bonds. The Morgan fingerprint density at radius 3 is 2.67 bits per heavy atom. The van der Waals surface area contributed by atoms with Gasteiger partial charge in [-0.2, -0.15) is 0 Å². The number of aromatic nitrogens is 1. The van der Waals surface area contributed by atoms with Crippen molar-refractivity contribution in [3.8, 4) is 0 Å². The second-order valence-electron chi connectivity index (χ2n) is 7.90. The number of rotatable bonds is 3. The molecule has 2 heterocycles. The summed E-state index contributed by atoms with van der Waals surface area (Å²) in [6.45, 7) is 0.807. The van der Waals surface area contributed by atoms with Crippen molar-refractivity contribution in [3.63, 3.8) is 0 Å². The van der Waals surface area contributed by atoms with Crippen LogP contribution in [0.4, 0.5) is 4.39 Å². The molecule has 0 unspecified atom stereocenters. The maximum atomic E-state index is 13.3. The molecule has 1 saturated carbocycles. The van der Waals surface area contributed by atoms with Crippen LogP contribution in [-0.4, -0.2) is 28.5 Å². The number of likely N-dealkylation sites (N-methyl/N-ethyl adjacent to an activating group) is 1. The number of aryl methyl sites for hydroxylation is 1. The summed E-state index contributed by atoms with van der Waals surface area (Å²) in [5.74, 6) is -0.0890. The van der Waals surface area contributed by atoms with Gasteiger partial charge in [0.2, 0.25) is 5.91 Å². The molecule has 0 N–H and O–H groups in total. The lowest BCUT2D eigenvalue weighted by atomic mass is 9.93. The van der Waals surface area contributed by atoms with Crippen molar-refractivity contribution in [2.24, 2.45) is 0 Å². The fourth-order valence-corrected chi connectivity index (χ4v) is 4.53. The van der Waals surface area contributed by atoms with Gasteiger partial charge >= 0.3 is 0 Å². The quantitative estimate of drug-likeness (QED) is 0.690. The van der Waals surface area contributed by atoms with Crippen LogP contribution in [0.15, 0.2) is 48.5 Å². The highest BCUT2D eigenvalue weighted by Crippen LogP contribution is 2.50. The van der Waals surface area contributed by atoms with E-state index in [0.29, 0.717) is 0 Å². The number of para-hydroxylation sites is 1. The Hall–Kier alpha value is -2.62. The lowest BCUT2D eigenvalue weighted by Crippen LogP contribution is -2.46. The lowest BCUT2D eigenvalue weighted by Gasteiger charge is -2.35. The molecule has 2 aliphatic rings. The highest BCUT2D eigenvalue weighted by molar-refractivity contribution is 5.91. The van der Waals surface area contributed by atoms with E-state index in [1.165, 1.54) is 23.3 Å². The molecule has 0 spiro atoms. The third-order valence-corrected chi connectivity index (χ3v) is 6.33. The molecule has 1 radical (unpaired) electrons. The number of fused-ring (bicyclic) bond motifs is 3. The molecule has 27 heavy (non-hydrogen) atoms. The first-order valence-electron chi connectivity index (χ1n) is 9.61. The highest BCUT2D eigenvalue weighted by atomic mass is 19.1. The molecular formula is C23H22FN2O. The standard InChI is InChI=1S/C23H22FN2O/c1-25(22(27)23(12-13-23)17-6-8-18(24)9-7-17)20-11-10-19-14-16-4-2-3-5-21(16)26(19)15-20/h2-9,20H,10-13,15H2,1H3/t20-/m1/s1. The maximum Gasteiger partial charge on any atom is 0.233 e. The highest BCUT2D eigenvalue weighted by Gasteiger charge is 2.53. The molecule has 1 aromatic heterocycles. The first-order chi connectivity index (χ1) is 13.1. The Morgan fingerprint density at radius 1 is 1.19 bits per heavy atom. The van der Waals surface area contributed by atoms with E-state index < -0.39 is 5.41 Å². The van der Waals surface area contributed by atoms with Crippen LogP contribution in [-0.2, 0) is 23.2 Å². The molecule has 3 aromatic rings. The molecule has 137 valence electrons. The van der Waals surface area contributed by atoms with Gasteiger partial charge in [-0.05, 0) is 49.4 Å². The SMILES string of the molecule is CN(C(=O)C1(c2ccc(F)cc2)CC1)[C@@H]1CCc2[c]c3ccccc3n2C1. The maximum absolute atomic E-state index is 13.3. The van der Waals surface area contributed by atoms with Crippen LogP contribution in [0.3, 0.4) is 0 Å². The molecule has 1 fully saturated rings. The molecule has 2 aromatic carbocycles. The molecule has 4 heteroatoms. The van der Waals surface area contributed by atoms with E-state index in [1.807, 2.05) is 18.0 Å². The lowest BCUT2D eigenvalue weighted by molar-refractivity contribution is -0.135. The summed E-state index contributed by atoms with van der Waals surface area (Å²) in [6.07, 6.45) is 3.58. The van der Waals surface area contributed by atoms with E-state index in [2.05, 4.69) is 28.8 Å². The van der Waals surface area contributed by atoms with Crippen molar-refractivity contribution in [2.75, 3.05) is 7.05 Å². The first kappa shape index (κ1) is 16.5. The van der Waals surface area contributed by atoms with Gasteiger partial charge in [0.1, 0.15) is 5.82 Å². The zero-order chi connectivity index (χ0) is 18.6. The Kier molecular flexibility index (Phi) is 3.64. The second kappa shape index (κ2) is 5.95. The summed E-state index contributed by atoms with van der Waals surface area (Å²) >= 11 is 0. The molecular weight excluding hydrogens is 339 g/mol. The summed E-state index contributed by atoms with van der Waals surface area (Å²) in [7, 11) is 1.93. The number of hydrogen-bond acceptors (Lipinski definition) is 1. The average Bonchev–Trinajstić information content (AvgIpc) is 3.42. The topological polar surface area (TPSA) is 25.2 Å². The van der Waals surface area contributed by atoms with Crippen molar-refractivity contribution in [3.05, 3.63) is 71.7 Å². The van der Waals surface area contributed by atoms with Gasteiger partial charge in [-0.15, -0.1) is 0 Å². The molecule has 0 saturated heterocycles. The minimum Gasteiger partial charge on any atom is -0.342 e. The van der Waals surface area contributed by atoms with Crippen molar-refractivity contribution in [1.82, 2.24) is 9.47 Å². The molecule has 0 bridgehead atoms. The van der Waals surface area contributed by atoms with Crippen molar-refractivity contribution >= 4 is 16.8 Å². The van der Waals surface area contributed by atoms with E-state index in [0.717, 1.165) is 43.2 Å². The number of hydrogen-bond donors (Lipinski definition) is 0. The van der Waals surface area contributed by atoms with Crippen LogP contribution in [0, 0.1) is 11.9 Å². The number of carbonyl (C=O) groups is 1.